The molecule has 6 nitrogen and oxygen atoms in total. The Hall–Kier alpha value is -1.87. The summed E-state index contributed by atoms with van der Waals surface area (Å²) in [7, 11) is 0. The number of ether oxygens (including phenoxy) is 1. The third-order valence-electron chi connectivity index (χ3n) is 5.61. The van der Waals surface area contributed by atoms with Crippen LogP contribution < -0.4 is 0 Å². The van der Waals surface area contributed by atoms with Crippen LogP contribution in [-0.2, 0) is 22.5 Å². The molecule has 2 aliphatic rings. The number of aryl methyl sites for hydroxylation is 2. The van der Waals surface area contributed by atoms with Gasteiger partial charge in [-0.1, -0.05) is 12.8 Å². The first-order chi connectivity index (χ1) is 12.1. The lowest BCUT2D eigenvalue weighted by atomic mass is 9.90. The van der Waals surface area contributed by atoms with E-state index in [9.17, 15) is 4.79 Å². The summed E-state index contributed by atoms with van der Waals surface area (Å²) in [6.07, 6.45) is 6.49. The van der Waals surface area contributed by atoms with Crippen molar-refractivity contribution in [2.45, 2.75) is 77.5 Å². The molecule has 6 heteroatoms. The number of morpholine rings is 1. The quantitative estimate of drug-likeness (QED) is 0.823. The molecule has 0 aromatic carbocycles. The van der Waals surface area contributed by atoms with Crippen molar-refractivity contribution in [1.29, 1.82) is 5.26 Å². The van der Waals surface area contributed by atoms with Crippen molar-refractivity contribution < 1.29 is 9.53 Å². The standard InChI is InChI=1S/C19H28N4O2/c1-14-16(15(2)23(21-14)11-5-10-20)8-9-19(24)22-12-13-25-18-7-4-3-6-17(18)22/h17-18H,3-9,11-13H2,1-2H3/t17-,18+/m0/s1. The van der Waals surface area contributed by atoms with Gasteiger partial charge in [-0.3, -0.25) is 9.48 Å². The molecule has 1 aliphatic carbocycles. The average molecular weight is 344 g/mol. The van der Waals surface area contributed by atoms with E-state index in [1.165, 1.54) is 12.8 Å². The van der Waals surface area contributed by atoms with Gasteiger partial charge in [-0.25, -0.2) is 0 Å². The van der Waals surface area contributed by atoms with Crippen LogP contribution in [0, 0.1) is 25.2 Å². The topological polar surface area (TPSA) is 71.2 Å². The average Bonchev–Trinajstić information content (AvgIpc) is 2.90. The third kappa shape index (κ3) is 3.87. The van der Waals surface area contributed by atoms with Crippen molar-refractivity contribution in [3.8, 4) is 6.07 Å². The lowest BCUT2D eigenvalue weighted by Crippen LogP contribution is -2.54. The molecule has 2 heterocycles. The van der Waals surface area contributed by atoms with Gasteiger partial charge in [0.05, 0.1) is 43.5 Å². The van der Waals surface area contributed by atoms with Crippen LogP contribution in [-0.4, -0.2) is 45.9 Å². The number of rotatable bonds is 5. The zero-order valence-corrected chi connectivity index (χ0v) is 15.3. The Morgan fingerprint density at radius 3 is 2.96 bits per heavy atom. The smallest absolute Gasteiger partial charge is 0.223 e. The summed E-state index contributed by atoms with van der Waals surface area (Å²) in [5.41, 5.74) is 3.21. The summed E-state index contributed by atoms with van der Waals surface area (Å²) in [5, 5.41) is 13.3. The molecule has 1 saturated heterocycles. The van der Waals surface area contributed by atoms with Crippen LogP contribution in [0.3, 0.4) is 0 Å². The molecule has 136 valence electrons. The number of hydrogen-bond donors (Lipinski definition) is 0. The van der Waals surface area contributed by atoms with E-state index in [1.54, 1.807) is 0 Å². The van der Waals surface area contributed by atoms with E-state index >= 15 is 0 Å². The molecule has 0 spiro atoms. The van der Waals surface area contributed by atoms with Crippen LogP contribution in [0.5, 0.6) is 0 Å². The first-order valence-electron chi connectivity index (χ1n) is 9.42. The molecule has 3 rings (SSSR count). The predicted molar refractivity (Wildman–Crippen MR) is 94.0 cm³/mol. The molecule has 2 fully saturated rings. The van der Waals surface area contributed by atoms with E-state index in [-0.39, 0.29) is 18.1 Å². The monoisotopic (exact) mass is 344 g/mol. The zero-order chi connectivity index (χ0) is 17.8. The van der Waals surface area contributed by atoms with Crippen LogP contribution in [0.25, 0.3) is 0 Å². The summed E-state index contributed by atoms with van der Waals surface area (Å²) in [6.45, 7) is 6.02. The summed E-state index contributed by atoms with van der Waals surface area (Å²) in [5.74, 6) is 0.240. The second kappa shape index (κ2) is 8.01. The van der Waals surface area contributed by atoms with E-state index in [0.717, 1.165) is 42.8 Å². The van der Waals surface area contributed by atoms with Gasteiger partial charge in [-0.15, -0.1) is 0 Å². The largest absolute Gasteiger partial charge is 0.374 e. The maximum absolute atomic E-state index is 12.8. The first-order valence-corrected chi connectivity index (χ1v) is 9.42. The van der Waals surface area contributed by atoms with E-state index in [1.807, 2.05) is 18.5 Å². The van der Waals surface area contributed by atoms with Gasteiger partial charge in [0, 0.05) is 18.7 Å². The van der Waals surface area contributed by atoms with Gasteiger partial charge >= 0.3 is 0 Å². The Labute approximate surface area is 149 Å². The highest BCUT2D eigenvalue weighted by Gasteiger charge is 2.36. The van der Waals surface area contributed by atoms with Crippen LogP contribution in [0.1, 0.15) is 55.5 Å². The Kier molecular flexibility index (Phi) is 5.74. The minimum atomic E-state index is 0.239. The fourth-order valence-corrected chi connectivity index (χ4v) is 4.25. The number of fused-ring (bicyclic) bond motifs is 1. The van der Waals surface area contributed by atoms with Crippen molar-refractivity contribution in [1.82, 2.24) is 14.7 Å². The maximum Gasteiger partial charge on any atom is 0.223 e. The Morgan fingerprint density at radius 2 is 2.16 bits per heavy atom. The van der Waals surface area contributed by atoms with Gasteiger partial charge in [0.15, 0.2) is 0 Å². The highest BCUT2D eigenvalue weighted by Crippen LogP contribution is 2.29. The number of nitriles is 1. The Bertz CT molecular complexity index is 659. The zero-order valence-electron chi connectivity index (χ0n) is 15.3. The molecule has 1 saturated carbocycles. The van der Waals surface area contributed by atoms with E-state index in [0.29, 0.717) is 26.0 Å². The summed E-state index contributed by atoms with van der Waals surface area (Å²) < 4.78 is 7.76. The Balaban J connectivity index is 1.62. The van der Waals surface area contributed by atoms with Gasteiger partial charge in [-0.05, 0) is 38.7 Å². The van der Waals surface area contributed by atoms with Crippen molar-refractivity contribution in [3.63, 3.8) is 0 Å². The van der Waals surface area contributed by atoms with E-state index < -0.39 is 0 Å². The van der Waals surface area contributed by atoms with Crippen LogP contribution in [0.15, 0.2) is 0 Å². The van der Waals surface area contributed by atoms with Gasteiger partial charge < -0.3 is 9.64 Å². The molecule has 0 N–H and O–H groups in total. The van der Waals surface area contributed by atoms with Gasteiger partial charge in [0.25, 0.3) is 0 Å². The normalized spacial score (nSPS) is 23.2. The van der Waals surface area contributed by atoms with Gasteiger partial charge in [-0.2, -0.15) is 10.4 Å². The summed E-state index contributed by atoms with van der Waals surface area (Å²) in [6, 6.07) is 2.43. The highest BCUT2D eigenvalue weighted by molar-refractivity contribution is 5.77. The van der Waals surface area contributed by atoms with Crippen molar-refractivity contribution in [2.75, 3.05) is 13.2 Å². The molecule has 1 aliphatic heterocycles. The lowest BCUT2D eigenvalue weighted by molar-refractivity contribution is -0.149. The molecule has 25 heavy (non-hydrogen) atoms. The summed E-state index contributed by atoms with van der Waals surface area (Å²) in [4.78, 5) is 14.9. The van der Waals surface area contributed by atoms with Crippen LogP contribution in [0.4, 0.5) is 0 Å². The number of amides is 1. The number of aromatic nitrogens is 2. The third-order valence-corrected chi connectivity index (χ3v) is 5.61. The molecule has 0 radical (unpaired) electrons. The minimum absolute atomic E-state index is 0.239. The van der Waals surface area contributed by atoms with E-state index in [4.69, 9.17) is 10.00 Å². The van der Waals surface area contributed by atoms with Crippen LogP contribution >= 0.6 is 0 Å². The number of nitrogens with zero attached hydrogens (tertiary/aromatic N) is 4. The Morgan fingerprint density at radius 1 is 1.36 bits per heavy atom. The molecule has 0 unspecified atom stereocenters. The highest BCUT2D eigenvalue weighted by atomic mass is 16.5. The fraction of sp³-hybridized carbons (Fsp3) is 0.737. The van der Waals surface area contributed by atoms with Gasteiger partial charge in [0.1, 0.15) is 0 Å². The number of carbonyl (C=O) groups excluding carboxylic acids is 1. The molecule has 0 bridgehead atoms. The number of hydrogen-bond acceptors (Lipinski definition) is 4. The van der Waals surface area contributed by atoms with Crippen molar-refractivity contribution in [3.05, 3.63) is 17.0 Å². The fourth-order valence-electron chi connectivity index (χ4n) is 4.25. The molecular weight excluding hydrogens is 316 g/mol. The molecule has 1 aromatic heterocycles. The number of carbonyl (C=O) groups is 1. The van der Waals surface area contributed by atoms with Crippen LogP contribution in [0.2, 0.25) is 0 Å². The molecular formula is C19H28N4O2. The maximum atomic E-state index is 12.8. The SMILES string of the molecule is Cc1nn(CCC#N)c(C)c1CCC(=O)N1CCO[C@@H]2CCCC[C@@H]21. The molecule has 2 atom stereocenters. The molecule has 1 aromatic rings. The van der Waals surface area contributed by atoms with Gasteiger partial charge in [0.2, 0.25) is 5.91 Å². The lowest BCUT2D eigenvalue weighted by Gasteiger charge is -2.43. The van der Waals surface area contributed by atoms with Crippen molar-refractivity contribution >= 4 is 5.91 Å². The second-order valence-electron chi connectivity index (χ2n) is 7.13. The minimum Gasteiger partial charge on any atom is -0.374 e. The molecule has 1 amide bonds. The first kappa shape index (κ1) is 17.9. The summed E-state index contributed by atoms with van der Waals surface area (Å²) >= 11 is 0. The van der Waals surface area contributed by atoms with Crippen molar-refractivity contribution in [2.24, 2.45) is 0 Å². The predicted octanol–water partition coefficient (Wildman–Crippen LogP) is 2.52. The second-order valence-corrected chi connectivity index (χ2v) is 7.13. The van der Waals surface area contributed by atoms with E-state index in [2.05, 4.69) is 16.1 Å².